The molecule has 0 fully saturated rings. The standard InChI is InChI=1S/C15H13FN2O2/c1-19-15-5-4-12(7-14(15)18)20-9-11-3-2-10(8-17)6-13(11)16/h2-7H,9,18H2,1H3. The summed E-state index contributed by atoms with van der Waals surface area (Å²) in [6, 6.07) is 11.1. The third kappa shape index (κ3) is 2.98. The van der Waals surface area contributed by atoms with Crippen molar-refractivity contribution in [1.82, 2.24) is 0 Å². The molecule has 4 nitrogen and oxygen atoms in total. The van der Waals surface area contributed by atoms with Crippen LogP contribution in [0, 0.1) is 17.1 Å². The number of rotatable bonds is 4. The fraction of sp³-hybridized carbons (Fsp3) is 0.133. The molecular weight excluding hydrogens is 259 g/mol. The summed E-state index contributed by atoms with van der Waals surface area (Å²) in [5.41, 5.74) is 6.85. The predicted molar refractivity (Wildman–Crippen MR) is 72.9 cm³/mol. The quantitative estimate of drug-likeness (QED) is 0.869. The van der Waals surface area contributed by atoms with Crippen molar-refractivity contribution in [1.29, 1.82) is 5.26 Å². The smallest absolute Gasteiger partial charge is 0.142 e. The molecule has 20 heavy (non-hydrogen) atoms. The van der Waals surface area contributed by atoms with Crippen LogP contribution >= 0.6 is 0 Å². The Balaban J connectivity index is 2.09. The molecule has 0 amide bonds. The summed E-state index contributed by atoms with van der Waals surface area (Å²) < 4.78 is 24.2. The minimum Gasteiger partial charge on any atom is -0.495 e. The zero-order chi connectivity index (χ0) is 14.5. The maximum absolute atomic E-state index is 13.7. The van der Waals surface area contributed by atoms with Crippen molar-refractivity contribution in [3.63, 3.8) is 0 Å². The molecule has 0 saturated carbocycles. The van der Waals surface area contributed by atoms with Crippen molar-refractivity contribution < 1.29 is 13.9 Å². The number of ether oxygens (including phenoxy) is 2. The summed E-state index contributed by atoms with van der Waals surface area (Å²) in [6.07, 6.45) is 0. The van der Waals surface area contributed by atoms with Crippen LogP contribution in [0.5, 0.6) is 11.5 Å². The summed E-state index contributed by atoms with van der Waals surface area (Å²) in [4.78, 5) is 0. The number of methoxy groups -OCH3 is 1. The number of nitrogens with zero attached hydrogens (tertiary/aromatic N) is 1. The zero-order valence-electron chi connectivity index (χ0n) is 10.9. The molecule has 2 N–H and O–H groups in total. The van der Waals surface area contributed by atoms with E-state index in [4.69, 9.17) is 20.5 Å². The molecule has 0 spiro atoms. The number of nitrogens with two attached hydrogens (primary N) is 1. The Morgan fingerprint density at radius 1 is 1.25 bits per heavy atom. The molecule has 0 aliphatic heterocycles. The van der Waals surface area contributed by atoms with Crippen molar-refractivity contribution >= 4 is 5.69 Å². The highest BCUT2D eigenvalue weighted by Gasteiger charge is 2.06. The van der Waals surface area contributed by atoms with Crippen LogP contribution in [0.25, 0.3) is 0 Å². The highest BCUT2D eigenvalue weighted by atomic mass is 19.1. The third-order valence-electron chi connectivity index (χ3n) is 2.78. The van der Waals surface area contributed by atoms with Gasteiger partial charge >= 0.3 is 0 Å². The van der Waals surface area contributed by atoms with Crippen molar-refractivity contribution in [3.05, 3.63) is 53.3 Å². The van der Waals surface area contributed by atoms with Gasteiger partial charge in [-0.1, -0.05) is 6.07 Å². The van der Waals surface area contributed by atoms with Gasteiger partial charge in [-0.2, -0.15) is 5.26 Å². The number of anilines is 1. The van der Waals surface area contributed by atoms with E-state index in [-0.39, 0.29) is 12.2 Å². The van der Waals surface area contributed by atoms with Crippen molar-refractivity contribution in [2.75, 3.05) is 12.8 Å². The number of hydrogen-bond donors (Lipinski definition) is 1. The van der Waals surface area contributed by atoms with Crippen molar-refractivity contribution in [2.24, 2.45) is 0 Å². The molecule has 0 unspecified atom stereocenters. The minimum absolute atomic E-state index is 0.0588. The second-order valence-electron chi connectivity index (χ2n) is 4.11. The summed E-state index contributed by atoms with van der Waals surface area (Å²) in [6.45, 7) is 0.0588. The first-order valence-electron chi connectivity index (χ1n) is 5.89. The van der Waals surface area contributed by atoms with Crippen LogP contribution in [0.3, 0.4) is 0 Å². The lowest BCUT2D eigenvalue weighted by atomic mass is 10.1. The first-order chi connectivity index (χ1) is 9.63. The van der Waals surface area contributed by atoms with Crippen LogP contribution in [-0.4, -0.2) is 7.11 Å². The van der Waals surface area contributed by atoms with Gasteiger partial charge in [-0.25, -0.2) is 4.39 Å². The van der Waals surface area contributed by atoms with Gasteiger partial charge in [-0.15, -0.1) is 0 Å². The Morgan fingerprint density at radius 2 is 2.05 bits per heavy atom. The molecule has 0 bridgehead atoms. The lowest BCUT2D eigenvalue weighted by molar-refractivity contribution is 0.299. The van der Waals surface area contributed by atoms with E-state index in [1.54, 1.807) is 24.3 Å². The van der Waals surface area contributed by atoms with Crippen LogP contribution in [0.15, 0.2) is 36.4 Å². The second kappa shape index (κ2) is 5.93. The molecular formula is C15H13FN2O2. The predicted octanol–water partition coefficient (Wildman–Crippen LogP) is 2.87. The molecule has 0 heterocycles. The van der Waals surface area contributed by atoms with Gasteiger partial charge in [-0.05, 0) is 24.3 Å². The SMILES string of the molecule is COc1ccc(OCc2ccc(C#N)cc2F)cc1N. The van der Waals surface area contributed by atoms with E-state index in [9.17, 15) is 4.39 Å². The average molecular weight is 272 g/mol. The largest absolute Gasteiger partial charge is 0.495 e. The molecule has 0 radical (unpaired) electrons. The lowest BCUT2D eigenvalue weighted by Gasteiger charge is -2.10. The topological polar surface area (TPSA) is 68.3 Å². The zero-order valence-corrected chi connectivity index (χ0v) is 10.9. The van der Waals surface area contributed by atoms with Crippen LogP contribution in [0.2, 0.25) is 0 Å². The molecule has 102 valence electrons. The highest BCUT2D eigenvalue weighted by molar-refractivity contribution is 5.56. The molecule has 0 saturated heterocycles. The van der Waals surface area contributed by atoms with Gasteiger partial charge < -0.3 is 15.2 Å². The van der Waals surface area contributed by atoms with Crippen LogP contribution < -0.4 is 15.2 Å². The van der Waals surface area contributed by atoms with Gasteiger partial charge in [0.05, 0.1) is 24.4 Å². The number of halogens is 1. The fourth-order valence-corrected chi connectivity index (χ4v) is 1.70. The maximum atomic E-state index is 13.7. The Labute approximate surface area is 116 Å². The average Bonchev–Trinajstić information content (AvgIpc) is 2.46. The molecule has 2 rings (SSSR count). The van der Waals surface area contributed by atoms with Gasteiger partial charge in [-0.3, -0.25) is 0 Å². The van der Waals surface area contributed by atoms with E-state index in [1.165, 1.54) is 19.2 Å². The Morgan fingerprint density at radius 3 is 2.65 bits per heavy atom. The highest BCUT2D eigenvalue weighted by Crippen LogP contribution is 2.26. The minimum atomic E-state index is -0.467. The molecule has 2 aromatic rings. The van der Waals surface area contributed by atoms with E-state index < -0.39 is 5.82 Å². The number of nitriles is 1. The Bertz CT molecular complexity index is 665. The molecule has 0 aliphatic rings. The van der Waals surface area contributed by atoms with Crippen LogP contribution in [-0.2, 0) is 6.61 Å². The van der Waals surface area contributed by atoms with Gasteiger partial charge in [0.1, 0.15) is 23.9 Å². The molecule has 0 aliphatic carbocycles. The van der Waals surface area contributed by atoms with Gasteiger partial charge in [0.25, 0.3) is 0 Å². The van der Waals surface area contributed by atoms with E-state index in [0.717, 1.165) is 0 Å². The molecule has 2 aromatic carbocycles. The van der Waals surface area contributed by atoms with Crippen LogP contribution in [0.1, 0.15) is 11.1 Å². The lowest BCUT2D eigenvalue weighted by Crippen LogP contribution is -2.00. The molecule has 0 atom stereocenters. The molecule has 0 aromatic heterocycles. The summed E-state index contributed by atoms with van der Waals surface area (Å²) in [7, 11) is 1.53. The molecule has 5 heteroatoms. The first-order valence-corrected chi connectivity index (χ1v) is 5.89. The van der Waals surface area contributed by atoms with Crippen LogP contribution in [0.4, 0.5) is 10.1 Å². The van der Waals surface area contributed by atoms with Gasteiger partial charge in [0.15, 0.2) is 0 Å². The van der Waals surface area contributed by atoms with E-state index in [1.807, 2.05) is 6.07 Å². The fourth-order valence-electron chi connectivity index (χ4n) is 1.70. The normalized spacial score (nSPS) is 9.85. The summed E-state index contributed by atoms with van der Waals surface area (Å²) >= 11 is 0. The van der Waals surface area contributed by atoms with Gasteiger partial charge in [0, 0.05) is 11.6 Å². The number of benzene rings is 2. The third-order valence-corrected chi connectivity index (χ3v) is 2.78. The maximum Gasteiger partial charge on any atom is 0.142 e. The first kappa shape index (κ1) is 13.7. The monoisotopic (exact) mass is 272 g/mol. The summed E-state index contributed by atoms with van der Waals surface area (Å²) in [5, 5.41) is 8.67. The number of nitrogen functional groups attached to an aromatic ring is 1. The second-order valence-corrected chi connectivity index (χ2v) is 4.11. The van der Waals surface area contributed by atoms with Gasteiger partial charge in [0.2, 0.25) is 0 Å². The Kier molecular flexibility index (Phi) is 4.06. The Hall–Kier alpha value is -2.74. The summed E-state index contributed by atoms with van der Waals surface area (Å²) in [5.74, 6) is 0.611. The van der Waals surface area contributed by atoms with E-state index in [0.29, 0.717) is 22.7 Å². The number of hydrogen-bond acceptors (Lipinski definition) is 4. The van der Waals surface area contributed by atoms with Crippen molar-refractivity contribution in [2.45, 2.75) is 6.61 Å². The van der Waals surface area contributed by atoms with E-state index >= 15 is 0 Å². The van der Waals surface area contributed by atoms with E-state index in [2.05, 4.69) is 0 Å². The van der Waals surface area contributed by atoms with Crippen molar-refractivity contribution in [3.8, 4) is 17.6 Å².